The molecule has 0 radical (unpaired) electrons. The van der Waals surface area contributed by atoms with Crippen LogP contribution in [0.3, 0.4) is 0 Å². The van der Waals surface area contributed by atoms with E-state index in [1.54, 1.807) is 13.0 Å². The Morgan fingerprint density at radius 2 is 1.47 bits per heavy atom. The number of fused-ring (bicyclic) bond motifs is 3. The number of benzene rings is 3. The van der Waals surface area contributed by atoms with Crippen molar-refractivity contribution in [3.63, 3.8) is 0 Å². The van der Waals surface area contributed by atoms with Gasteiger partial charge in [0.15, 0.2) is 0 Å². The van der Waals surface area contributed by atoms with E-state index in [2.05, 4.69) is 15.3 Å². The largest absolute Gasteiger partial charge is 0.460 e. The van der Waals surface area contributed by atoms with Crippen LogP contribution >= 0.6 is 0 Å². The van der Waals surface area contributed by atoms with E-state index in [1.807, 2.05) is 84.9 Å². The van der Waals surface area contributed by atoms with Crippen LogP contribution in [-0.2, 0) is 33.9 Å². The molecule has 0 fully saturated rings. The molecule has 2 N–H and O–H groups in total. The molecule has 0 bridgehead atoms. The van der Waals surface area contributed by atoms with Gasteiger partial charge >= 0.3 is 11.9 Å². The van der Waals surface area contributed by atoms with Crippen LogP contribution in [0.15, 0.2) is 91.0 Å². The summed E-state index contributed by atoms with van der Waals surface area (Å²) in [7, 11) is 0. The van der Waals surface area contributed by atoms with Crippen molar-refractivity contribution >= 4 is 33.7 Å². The molecule has 3 aromatic carbocycles. The summed E-state index contributed by atoms with van der Waals surface area (Å²) in [5.41, 5.74) is 4.66. The van der Waals surface area contributed by atoms with Crippen molar-refractivity contribution in [1.29, 1.82) is 0 Å². The lowest BCUT2D eigenvalue weighted by Crippen LogP contribution is -2.36. The van der Waals surface area contributed by atoms with Crippen LogP contribution in [0.25, 0.3) is 21.8 Å². The molecular weight excluding hydrogens is 478 g/mol. The van der Waals surface area contributed by atoms with Gasteiger partial charge in [-0.1, -0.05) is 78.9 Å². The lowest BCUT2D eigenvalue weighted by molar-refractivity contribution is -0.147. The Balaban J connectivity index is 1.29. The second-order valence-corrected chi connectivity index (χ2v) is 9.13. The summed E-state index contributed by atoms with van der Waals surface area (Å²) in [5.74, 6) is -0.802. The number of aromatic amines is 1. The van der Waals surface area contributed by atoms with Crippen molar-refractivity contribution in [1.82, 2.24) is 15.3 Å². The molecule has 1 atom stereocenters. The average molecular weight is 508 g/mol. The number of carbonyl (C=O) groups excluding carboxylic acids is 2. The highest BCUT2D eigenvalue weighted by atomic mass is 16.5. The summed E-state index contributed by atoms with van der Waals surface area (Å²) in [6.07, 6.45) is 0.499. The second-order valence-electron chi connectivity index (χ2n) is 9.13. The number of rotatable bonds is 10. The predicted molar refractivity (Wildman–Crippen MR) is 147 cm³/mol. The third-order valence-electron chi connectivity index (χ3n) is 6.38. The van der Waals surface area contributed by atoms with Gasteiger partial charge in [-0.25, -0.2) is 9.78 Å². The fourth-order valence-corrected chi connectivity index (χ4v) is 4.34. The molecule has 5 rings (SSSR count). The van der Waals surface area contributed by atoms with Gasteiger partial charge < -0.3 is 19.8 Å². The van der Waals surface area contributed by atoms with Crippen LogP contribution in [0.5, 0.6) is 0 Å². The molecule has 0 aliphatic rings. The average Bonchev–Trinajstić information content (AvgIpc) is 3.34. The Labute approximate surface area is 220 Å². The van der Waals surface area contributed by atoms with E-state index in [0.717, 1.165) is 38.6 Å². The SMILES string of the molecule is C[C@H](NCCc1nc(C(=O)OCc2ccccc2)cc2c1[nH]c1ccccc12)C(=O)OCc1ccccc1. The third-order valence-corrected chi connectivity index (χ3v) is 6.38. The summed E-state index contributed by atoms with van der Waals surface area (Å²) in [4.78, 5) is 33.5. The number of hydrogen-bond donors (Lipinski definition) is 2. The predicted octanol–water partition coefficient (Wildman–Crippen LogP) is 5.34. The van der Waals surface area contributed by atoms with Gasteiger partial charge in [0.2, 0.25) is 0 Å². The molecule has 2 aromatic heterocycles. The number of hydrogen-bond acceptors (Lipinski definition) is 6. The van der Waals surface area contributed by atoms with Gasteiger partial charge in [0, 0.05) is 29.3 Å². The maximum atomic E-state index is 13.0. The molecule has 7 heteroatoms. The zero-order valence-corrected chi connectivity index (χ0v) is 21.1. The second kappa shape index (κ2) is 11.7. The van der Waals surface area contributed by atoms with E-state index in [4.69, 9.17) is 9.47 Å². The monoisotopic (exact) mass is 507 g/mol. The van der Waals surface area contributed by atoms with E-state index < -0.39 is 12.0 Å². The Morgan fingerprint density at radius 1 is 0.842 bits per heavy atom. The van der Waals surface area contributed by atoms with Gasteiger partial charge in [0.1, 0.15) is 24.9 Å². The van der Waals surface area contributed by atoms with Gasteiger partial charge in [-0.2, -0.15) is 0 Å². The van der Waals surface area contributed by atoms with Crippen LogP contribution in [-0.4, -0.2) is 34.5 Å². The number of esters is 2. The molecule has 0 saturated heterocycles. The molecule has 5 aromatic rings. The first kappa shape index (κ1) is 25.2. The highest BCUT2D eigenvalue weighted by Gasteiger charge is 2.18. The molecule has 2 heterocycles. The molecule has 38 heavy (non-hydrogen) atoms. The maximum absolute atomic E-state index is 13.0. The van der Waals surface area contributed by atoms with E-state index in [1.165, 1.54) is 0 Å². The van der Waals surface area contributed by atoms with Gasteiger partial charge in [-0.3, -0.25) is 4.79 Å². The Morgan fingerprint density at radius 3 is 2.18 bits per heavy atom. The fraction of sp³-hybridized carbons (Fsp3) is 0.194. The van der Waals surface area contributed by atoms with E-state index in [0.29, 0.717) is 13.0 Å². The molecule has 7 nitrogen and oxygen atoms in total. The van der Waals surface area contributed by atoms with Crippen molar-refractivity contribution in [3.05, 3.63) is 114 Å². The lowest BCUT2D eigenvalue weighted by atomic mass is 10.1. The zero-order chi connectivity index (χ0) is 26.3. The van der Waals surface area contributed by atoms with Crippen LogP contribution in [0.2, 0.25) is 0 Å². The van der Waals surface area contributed by atoms with Gasteiger partial charge in [-0.15, -0.1) is 0 Å². The van der Waals surface area contributed by atoms with Crippen molar-refractivity contribution in [2.45, 2.75) is 32.6 Å². The molecular formula is C31H29N3O4. The number of carbonyl (C=O) groups is 2. The third kappa shape index (κ3) is 5.90. The standard InChI is InChI=1S/C31H29N3O4/c1-21(30(35)37-19-22-10-4-2-5-11-22)32-17-16-27-29-25(24-14-8-9-15-26(24)34-29)18-28(33-27)31(36)38-20-23-12-6-3-7-13-23/h2-15,18,21,32,34H,16-17,19-20H2,1H3/t21-/m0/s1. The van der Waals surface area contributed by atoms with Crippen LogP contribution in [0.1, 0.15) is 34.2 Å². The number of ether oxygens (including phenoxy) is 2. The van der Waals surface area contributed by atoms with Gasteiger partial charge in [0.05, 0.1) is 11.2 Å². The highest BCUT2D eigenvalue weighted by Crippen LogP contribution is 2.28. The van der Waals surface area contributed by atoms with E-state index in [-0.39, 0.29) is 24.9 Å². The smallest absolute Gasteiger partial charge is 0.357 e. The Bertz CT molecular complexity index is 1550. The molecule has 0 amide bonds. The number of H-pyrrole nitrogens is 1. The normalized spacial score (nSPS) is 11.9. The molecule has 0 saturated carbocycles. The molecule has 0 spiro atoms. The first-order chi connectivity index (χ1) is 18.6. The van der Waals surface area contributed by atoms with Crippen molar-refractivity contribution in [3.8, 4) is 0 Å². The highest BCUT2D eigenvalue weighted by molar-refractivity contribution is 6.09. The summed E-state index contributed by atoms with van der Waals surface area (Å²) < 4.78 is 11.0. The number of aromatic nitrogens is 2. The Hall–Kier alpha value is -4.49. The molecule has 0 aliphatic heterocycles. The summed E-state index contributed by atoms with van der Waals surface area (Å²) in [5, 5.41) is 5.13. The maximum Gasteiger partial charge on any atom is 0.357 e. The van der Waals surface area contributed by atoms with Gasteiger partial charge in [0.25, 0.3) is 0 Å². The van der Waals surface area contributed by atoms with Crippen molar-refractivity contribution in [2.75, 3.05) is 6.54 Å². The number of para-hydroxylation sites is 1. The van der Waals surface area contributed by atoms with Crippen LogP contribution in [0, 0.1) is 0 Å². The van der Waals surface area contributed by atoms with Gasteiger partial charge in [-0.05, 0) is 30.2 Å². The van der Waals surface area contributed by atoms with Crippen LogP contribution in [0.4, 0.5) is 0 Å². The first-order valence-electron chi connectivity index (χ1n) is 12.6. The van der Waals surface area contributed by atoms with E-state index in [9.17, 15) is 9.59 Å². The number of pyridine rings is 1. The quantitative estimate of drug-likeness (QED) is 0.248. The number of nitrogens with zero attached hydrogens (tertiary/aromatic N) is 1. The van der Waals surface area contributed by atoms with Crippen LogP contribution < -0.4 is 5.32 Å². The first-order valence-corrected chi connectivity index (χ1v) is 12.6. The van der Waals surface area contributed by atoms with Crippen molar-refractivity contribution in [2.24, 2.45) is 0 Å². The minimum Gasteiger partial charge on any atom is -0.460 e. The topological polar surface area (TPSA) is 93.3 Å². The lowest BCUT2D eigenvalue weighted by Gasteiger charge is -2.14. The molecule has 192 valence electrons. The molecule has 0 aliphatic carbocycles. The summed E-state index contributed by atoms with van der Waals surface area (Å²) >= 11 is 0. The minimum atomic E-state index is -0.490. The zero-order valence-electron chi connectivity index (χ0n) is 21.1. The number of nitrogens with one attached hydrogen (secondary N) is 2. The fourth-order valence-electron chi connectivity index (χ4n) is 4.34. The Kier molecular flexibility index (Phi) is 7.75. The minimum absolute atomic E-state index is 0.173. The summed E-state index contributed by atoms with van der Waals surface area (Å²) in [6, 6.07) is 28.4. The molecule has 0 unspecified atom stereocenters. The van der Waals surface area contributed by atoms with Crippen molar-refractivity contribution < 1.29 is 19.1 Å². The summed E-state index contributed by atoms with van der Waals surface area (Å²) in [6.45, 7) is 2.65. The van der Waals surface area contributed by atoms with E-state index >= 15 is 0 Å².